The number of rotatable bonds is 11. The van der Waals surface area contributed by atoms with Crippen molar-refractivity contribution in [1.82, 2.24) is 15.0 Å². The van der Waals surface area contributed by atoms with Crippen LogP contribution in [0, 0.1) is 5.21 Å². The van der Waals surface area contributed by atoms with Crippen LogP contribution in [0.25, 0.3) is 0 Å². The van der Waals surface area contributed by atoms with E-state index in [0.717, 1.165) is 25.7 Å². The molecule has 1 atom stereocenters. The summed E-state index contributed by atoms with van der Waals surface area (Å²) in [6.07, 6.45) is -0.501. The molecular formula is C17H23F3N6O3. The number of benzene rings is 1. The van der Waals surface area contributed by atoms with Crippen LogP contribution in [0.15, 0.2) is 24.3 Å². The van der Waals surface area contributed by atoms with Crippen LogP contribution >= 0.6 is 0 Å². The maximum Gasteiger partial charge on any atom is 0.422 e. The van der Waals surface area contributed by atoms with Gasteiger partial charge < -0.3 is 20.6 Å². The summed E-state index contributed by atoms with van der Waals surface area (Å²) in [4.78, 5) is 11.8. The Bertz CT molecular complexity index is 759. The Hall–Kier alpha value is -2.70. The molecule has 0 aliphatic carbocycles. The highest BCUT2D eigenvalue weighted by Crippen LogP contribution is 2.20. The highest BCUT2D eigenvalue weighted by atomic mass is 19.4. The minimum atomic E-state index is -4.53. The fraction of sp³-hybridized carbons (Fsp3) is 0.471. The number of alkyl halides is 3. The van der Waals surface area contributed by atoms with Gasteiger partial charge in [0.2, 0.25) is 11.9 Å². The van der Waals surface area contributed by atoms with E-state index in [4.69, 9.17) is 5.21 Å². The molecule has 9 nitrogen and oxygen atoms in total. The zero-order valence-electron chi connectivity index (χ0n) is 15.8. The average Bonchev–Trinajstić information content (AvgIpc) is 2.66. The van der Waals surface area contributed by atoms with E-state index in [9.17, 15) is 18.4 Å². The average molecular weight is 416 g/mol. The fourth-order valence-corrected chi connectivity index (χ4v) is 2.28. The lowest BCUT2D eigenvalue weighted by Gasteiger charge is -2.13. The van der Waals surface area contributed by atoms with Crippen LogP contribution in [-0.4, -0.2) is 39.5 Å². The molecule has 12 heteroatoms. The number of anilines is 3. The largest absolute Gasteiger partial charge is 0.595 e. The second-order valence-corrected chi connectivity index (χ2v) is 6.16. The molecule has 1 unspecified atom stereocenters. The van der Waals surface area contributed by atoms with E-state index in [0.29, 0.717) is 12.2 Å². The summed E-state index contributed by atoms with van der Waals surface area (Å²) in [5.74, 6) is 0.0506. The first-order valence-corrected chi connectivity index (χ1v) is 9.06. The highest BCUT2D eigenvalue weighted by Gasteiger charge is 2.29. The molecule has 2 rings (SSSR count). The van der Waals surface area contributed by atoms with Crippen LogP contribution in [0.2, 0.25) is 0 Å². The number of unbranched alkanes of at least 4 members (excludes halogenated alkanes) is 3. The molecule has 0 radical (unpaired) electrons. The van der Waals surface area contributed by atoms with Gasteiger partial charge in [-0.05, 0) is 18.6 Å². The Morgan fingerprint density at radius 3 is 2.38 bits per heavy atom. The second kappa shape index (κ2) is 10.7. The molecule has 0 fully saturated rings. The number of hydrogen-bond acceptors (Lipinski definition) is 8. The van der Waals surface area contributed by atoms with E-state index < -0.39 is 24.0 Å². The van der Waals surface area contributed by atoms with Crippen molar-refractivity contribution in [2.45, 2.75) is 38.8 Å². The van der Waals surface area contributed by atoms with Crippen molar-refractivity contribution in [1.29, 1.82) is 0 Å². The summed E-state index contributed by atoms with van der Waals surface area (Å²) >= 11 is 0. The standard InChI is InChI=1S/C17H23F3N6O3/c1-2-3-4-5-10-21-14-23-15(25-16(24-14)29-11-17(18,19)20)22-12-6-8-13(9-7-12)26(27)28/h6-9,26-27H,2-5,10-11H2,1H3,(H2,21,22,23,24,25). The molecule has 1 heterocycles. The van der Waals surface area contributed by atoms with Crippen LogP contribution < -0.4 is 20.6 Å². The predicted octanol–water partition coefficient (Wildman–Crippen LogP) is 2.95. The second-order valence-electron chi connectivity index (χ2n) is 6.16. The Morgan fingerprint density at radius 2 is 1.76 bits per heavy atom. The number of hydrogen-bond donors (Lipinski definition) is 4. The molecule has 0 amide bonds. The van der Waals surface area contributed by atoms with Crippen molar-refractivity contribution in [2.24, 2.45) is 0 Å². The van der Waals surface area contributed by atoms with Crippen molar-refractivity contribution >= 4 is 23.3 Å². The SMILES string of the molecule is CCCCCCNc1nc(Nc2ccc([NH+]([O-])O)cc2)nc(OCC(F)(F)F)n1. The van der Waals surface area contributed by atoms with E-state index in [1.807, 2.05) is 0 Å². The van der Waals surface area contributed by atoms with Gasteiger partial charge in [-0.25, -0.2) is 5.21 Å². The third-order valence-corrected chi connectivity index (χ3v) is 3.68. The van der Waals surface area contributed by atoms with E-state index in [1.54, 1.807) is 0 Å². The molecule has 0 aliphatic rings. The Labute approximate surface area is 165 Å². The van der Waals surface area contributed by atoms with Crippen LogP contribution in [0.4, 0.5) is 36.4 Å². The zero-order chi connectivity index (χ0) is 21.3. The van der Waals surface area contributed by atoms with Crippen LogP contribution in [0.3, 0.4) is 0 Å². The molecule has 29 heavy (non-hydrogen) atoms. The van der Waals surface area contributed by atoms with Gasteiger partial charge in [0, 0.05) is 24.4 Å². The fourth-order valence-electron chi connectivity index (χ4n) is 2.28. The predicted molar refractivity (Wildman–Crippen MR) is 99.5 cm³/mol. The monoisotopic (exact) mass is 416 g/mol. The van der Waals surface area contributed by atoms with Crippen molar-refractivity contribution in [2.75, 3.05) is 23.8 Å². The number of ether oxygens (including phenoxy) is 1. The topological polar surface area (TPSA) is 120 Å². The van der Waals surface area contributed by atoms with Gasteiger partial charge >= 0.3 is 12.2 Å². The Morgan fingerprint density at radius 1 is 1.07 bits per heavy atom. The van der Waals surface area contributed by atoms with E-state index >= 15 is 0 Å². The molecule has 4 N–H and O–H groups in total. The van der Waals surface area contributed by atoms with Crippen LogP contribution in [-0.2, 0) is 0 Å². The highest BCUT2D eigenvalue weighted by molar-refractivity contribution is 5.56. The maximum absolute atomic E-state index is 12.4. The molecular weight excluding hydrogens is 393 g/mol. The van der Waals surface area contributed by atoms with Gasteiger partial charge in [0.15, 0.2) is 12.3 Å². The van der Waals surface area contributed by atoms with Crippen LogP contribution in [0.5, 0.6) is 6.01 Å². The number of nitrogens with zero attached hydrogens (tertiary/aromatic N) is 3. The number of quaternary nitrogens is 1. The molecule has 0 saturated heterocycles. The van der Waals surface area contributed by atoms with Gasteiger partial charge in [-0.1, -0.05) is 26.2 Å². The molecule has 1 aromatic carbocycles. The summed E-state index contributed by atoms with van der Waals surface area (Å²) in [6.45, 7) is 1.11. The number of halogens is 3. The summed E-state index contributed by atoms with van der Waals surface area (Å²) in [7, 11) is 0. The normalized spacial score (nSPS) is 12.5. The maximum atomic E-state index is 12.4. The van der Waals surface area contributed by atoms with Crippen molar-refractivity contribution in [3.8, 4) is 6.01 Å². The summed E-state index contributed by atoms with van der Waals surface area (Å²) in [6, 6.07) is 5.25. The third kappa shape index (κ3) is 8.46. The number of nitrogens with one attached hydrogen (secondary N) is 3. The lowest BCUT2D eigenvalue weighted by atomic mass is 10.2. The molecule has 0 saturated carbocycles. The Kier molecular flexibility index (Phi) is 8.36. The van der Waals surface area contributed by atoms with E-state index in [1.165, 1.54) is 24.3 Å². The van der Waals surface area contributed by atoms with Crippen LogP contribution in [0.1, 0.15) is 32.6 Å². The lowest BCUT2D eigenvalue weighted by molar-refractivity contribution is -0.991. The minimum Gasteiger partial charge on any atom is -0.595 e. The molecule has 160 valence electrons. The first-order chi connectivity index (χ1) is 13.8. The van der Waals surface area contributed by atoms with Gasteiger partial charge in [-0.2, -0.15) is 33.3 Å². The molecule has 1 aromatic heterocycles. The quantitative estimate of drug-likeness (QED) is 0.326. The molecule has 2 aromatic rings. The summed E-state index contributed by atoms with van der Waals surface area (Å²) in [5.41, 5.74) is 0.548. The van der Waals surface area contributed by atoms with Gasteiger partial charge in [0.25, 0.3) is 0 Å². The van der Waals surface area contributed by atoms with Gasteiger partial charge in [-0.3, -0.25) is 0 Å². The summed E-state index contributed by atoms with van der Waals surface area (Å²) in [5, 5.41) is 24.5. The third-order valence-electron chi connectivity index (χ3n) is 3.68. The van der Waals surface area contributed by atoms with Crippen molar-refractivity contribution < 1.29 is 28.3 Å². The van der Waals surface area contributed by atoms with E-state index in [2.05, 4.69) is 37.2 Å². The summed E-state index contributed by atoms with van der Waals surface area (Å²) < 4.78 is 42.0. The molecule has 0 spiro atoms. The lowest BCUT2D eigenvalue weighted by Crippen LogP contribution is -2.99. The minimum absolute atomic E-state index is 0.0312. The first kappa shape index (κ1) is 22.6. The Balaban J connectivity index is 2.11. The number of aromatic nitrogens is 3. The smallest absolute Gasteiger partial charge is 0.422 e. The van der Waals surface area contributed by atoms with Gasteiger partial charge in [-0.15, -0.1) is 0 Å². The van der Waals surface area contributed by atoms with Crippen molar-refractivity contribution in [3.05, 3.63) is 29.5 Å². The zero-order valence-corrected chi connectivity index (χ0v) is 15.8. The van der Waals surface area contributed by atoms with Crippen molar-refractivity contribution in [3.63, 3.8) is 0 Å². The van der Waals surface area contributed by atoms with E-state index in [-0.39, 0.29) is 17.6 Å². The molecule has 0 aliphatic heterocycles. The molecule has 0 bridgehead atoms. The van der Waals surface area contributed by atoms with Gasteiger partial charge in [0.1, 0.15) is 0 Å². The van der Waals surface area contributed by atoms with Gasteiger partial charge in [0.05, 0.1) is 0 Å². The first-order valence-electron chi connectivity index (χ1n) is 9.06.